The van der Waals surface area contributed by atoms with Crippen molar-refractivity contribution < 1.29 is 26.7 Å². The van der Waals surface area contributed by atoms with Gasteiger partial charge >= 0.3 is 6.18 Å². The highest BCUT2D eigenvalue weighted by Crippen LogP contribution is 2.37. The number of rotatable bonds is 3. The van der Waals surface area contributed by atoms with Gasteiger partial charge in [0.2, 0.25) is 0 Å². The molecule has 1 aromatic rings. The van der Waals surface area contributed by atoms with Crippen molar-refractivity contribution in [1.82, 2.24) is 0 Å². The molecule has 2 N–H and O–H groups in total. The highest BCUT2D eigenvalue weighted by molar-refractivity contribution is 5.49. The molecular weight excluding hydrogens is 233 g/mol. The molecule has 0 aromatic heterocycles. The Balaban J connectivity index is 2.99. The standard InChI is InChI=1S/C9H8F5NO/c10-8(11)4-16-7-2-1-5(15)3-6(7)9(12,13)14/h1-3,8H,4,15H2. The van der Waals surface area contributed by atoms with Crippen LogP contribution in [-0.4, -0.2) is 13.0 Å². The highest BCUT2D eigenvalue weighted by Gasteiger charge is 2.34. The third kappa shape index (κ3) is 3.25. The predicted octanol–water partition coefficient (Wildman–Crippen LogP) is 2.93. The zero-order chi connectivity index (χ0) is 12.3. The molecule has 0 saturated carbocycles. The lowest BCUT2D eigenvalue weighted by Gasteiger charge is -2.14. The Morgan fingerprint density at radius 1 is 1.25 bits per heavy atom. The Morgan fingerprint density at radius 3 is 2.38 bits per heavy atom. The number of anilines is 1. The molecule has 2 nitrogen and oxygen atoms in total. The zero-order valence-corrected chi connectivity index (χ0v) is 7.89. The Kier molecular flexibility index (Phi) is 3.56. The molecule has 0 saturated heterocycles. The number of nitrogens with two attached hydrogens (primary N) is 1. The number of hydrogen-bond acceptors (Lipinski definition) is 2. The van der Waals surface area contributed by atoms with Crippen LogP contribution in [0.15, 0.2) is 18.2 Å². The van der Waals surface area contributed by atoms with Crippen molar-refractivity contribution in [3.8, 4) is 5.75 Å². The first kappa shape index (κ1) is 12.5. The molecule has 0 spiro atoms. The molecule has 0 fully saturated rings. The van der Waals surface area contributed by atoms with Gasteiger partial charge in [0.05, 0.1) is 5.56 Å². The van der Waals surface area contributed by atoms with Crippen molar-refractivity contribution >= 4 is 5.69 Å². The van der Waals surface area contributed by atoms with Gasteiger partial charge in [0.25, 0.3) is 6.43 Å². The first-order chi connectivity index (χ1) is 7.30. The summed E-state index contributed by atoms with van der Waals surface area (Å²) in [7, 11) is 0. The van der Waals surface area contributed by atoms with Crippen molar-refractivity contribution in [2.75, 3.05) is 12.3 Å². The van der Waals surface area contributed by atoms with Crippen LogP contribution in [0.2, 0.25) is 0 Å². The van der Waals surface area contributed by atoms with Crippen LogP contribution in [0.3, 0.4) is 0 Å². The van der Waals surface area contributed by atoms with Gasteiger partial charge in [-0.15, -0.1) is 0 Å². The van der Waals surface area contributed by atoms with Gasteiger partial charge in [-0.2, -0.15) is 13.2 Å². The van der Waals surface area contributed by atoms with Gasteiger partial charge in [-0.1, -0.05) is 0 Å². The van der Waals surface area contributed by atoms with Gasteiger partial charge in [0.1, 0.15) is 12.4 Å². The maximum atomic E-state index is 12.4. The SMILES string of the molecule is Nc1ccc(OCC(F)F)c(C(F)(F)F)c1. The van der Waals surface area contributed by atoms with E-state index in [9.17, 15) is 22.0 Å². The molecular formula is C9H8F5NO. The fraction of sp³-hybridized carbons (Fsp3) is 0.333. The van der Waals surface area contributed by atoms with E-state index >= 15 is 0 Å². The second kappa shape index (κ2) is 4.54. The number of halogens is 5. The van der Waals surface area contributed by atoms with Gasteiger partial charge in [0, 0.05) is 5.69 Å². The Bertz CT molecular complexity index is 363. The molecule has 0 unspecified atom stereocenters. The molecule has 0 aliphatic rings. The van der Waals surface area contributed by atoms with Crippen LogP contribution in [0.4, 0.5) is 27.6 Å². The van der Waals surface area contributed by atoms with E-state index in [-0.39, 0.29) is 5.69 Å². The van der Waals surface area contributed by atoms with Crippen molar-refractivity contribution in [1.29, 1.82) is 0 Å². The Morgan fingerprint density at radius 2 is 1.88 bits per heavy atom. The summed E-state index contributed by atoms with van der Waals surface area (Å²) in [5, 5.41) is 0. The van der Waals surface area contributed by atoms with E-state index in [0.717, 1.165) is 12.1 Å². The Labute approximate surface area is 87.8 Å². The molecule has 1 rings (SSSR count). The van der Waals surface area contributed by atoms with Crippen molar-refractivity contribution in [2.45, 2.75) is 12.6 Å². The van der Waals surface area contributed by atoms with E-state index < -0.39 is 30.5 Å². The number of alkyl halides is 5. The maximum absolute atomic E-state index is 12.4. The molecule has 0 bridgehead atoms. The number of hydrogen-bond donors (Lipinski definition) is 1. The highest BCUT2D eigenvalue weighted by atomic mass is 19.4. The van der Waals surface area contributed by atoms with E-state index in [1.165, 1.54) is 0 Å². The molecule has 0 atom stereocenters. The minimum absolute atomic E-state index is 0.114. The molecule has 0 amide bonds. The van der Waals surface area contributed by atoms with Crippen molar-refractivity contribution in [2.24, 2.45) is 0 Å². The first-order valence-corrected chi connectivity index (χ1v) is 4.18. The van der Waals surface area contributed by atoms with Gasteiger partial charge < -0.3 is 10.5 Å². The fourth-order valence-corrected chi connectivity index (χ4v) is 1.05. The fourth-order valence-electron chi connectivity index (χ4n) is 1.05. The van der Waals surface area contributed by atoms with Crippen LogP contribution in [0.1, 0.15) is 5.56 Å². The molecule has 0 heterocycles. The van der Waals surface area contributed by atoms with E-state index in [1.807, 2.05) is 0 Å². The topological polar surface area (TPSA) is 35.2 Å². The molecule has 0 aliphatic carbocycles. The number of benzene rings is 1. The van der Waals surface area contributed by atoms with Crippen LogP contribution >= 0.6 is 0 Å². The van der Waals surface area contributed by atoms with Crippen molar-refractivity contribution in [3.05, 3.63) is 23.8 Å². The lowest BCUT2D eigenvalue weighted by atomic mass is 10.1. The van der Waals surface area contributed by atoms with Gasteiger partial charge in [0.15, 0.2) is 0 Å². The van der Waals surface area contributed by atoms with E-state index in [4.69, 9.17) is 5.73 Å². The monoisotopic (exact) mass is 241 g/mol. The summed E-state index contributed by atoms with van der Waals surface area (Å²) < 4.78 is 65.2. The quantitative estimate of drug-likeness (QED) is 0.652. The largest absolute Gasteiger partial charge is 0.487 e. The van der Waals surface area contributed by atoms with E-state index in [0.29, 0.717) is 6.07 Å². The van der Waals surface area contributed by atoms with Gasteiger partial charge in [-0.25, -0.2) is 8.78 Å². The zero-order valence-electron chi connectivity index (χ0n) is 7.89. The summed E-state index contributed by atoms with van der Waals surface area (Å²) >= 11 is 0. The lowest BCUT2D eigenvalue weighted by Crippen LogP contribution is -2.13. The van der Waals surface area contributed by atoms with Crippen molar-refractivity contribution in [3.63, 3.8) is 0 Å². The van der Waals surface area contributed by atoms with Gasteiger partial charge in [-0.3, -0.25) is 0 Å². The molecule has 0 aliphatic heterocycles. The minimum atomic E-state index is -4.69. The number of ether oxygens (including phenoxy) is 1. The smallest absolute Gasteiger partial charge is 0.420 e. The van der Waals surface area contributed by atoms with E-state index in [1.54, 1.807) is 0 Å². The normalized spacial score (nSPS) is 11.9. The predicted molar refractivity (Wildman–Crippen MR) is 47.4 cm³/mol. The second-order valence-electron chi connectivity index (χ2n) is 2.96. The van der Waals surface area contributed by atoms with Crippen LogP contribution in [0.25, 0.3) is 0 Å². The lowest BCUT2D eigenvalue weighted by molar-refractivity contribution is -0.139. The van der Waals surface area contributed by atoms with Crippen LogP contribution in [-0.2, 0) is 6.18 Å². The second-order valence-corrected chi connectivity index (χ2v) is 2.96. The van der Waals surface area contributed by atoms with Crippen LogP contribution < -0.4 is 10.5 Å². The Hall–Kier alpha value is -1.53. The van der Waals surface area contributed by atoms with Crippen LogP contribution in [0, 0.1) is 0 Å². The van der Waals surface area contributed by atoms with Crippen LogP contribution in [0.5, 0.6) is 5.75 Å². The molecule has 1 aromatic carbocycles. The molecule has 0 radical (unpaired) electrons. The average molecular weight is 241 g/mol. The summed E-state index contributed by atoms with van der Waals surface area (Å²) in [6, 6.07) is 2.71. The first-order valence-electron chi connectivity index (χ1n) is 4.18. The maximum Gasteiger partial charge on any atom is 0.420 e. The summed E-state index contributed by atoms with van der Waals surface area (Å²) in [4.78, 5) is 0. The third-order valence-corrected chi connectivity index (χ3v) is 1.67. The average Bonchev–Trinajstić information content (AvgIpc) is 2.14. The van der Waals surface area contributed by atoms with Gasteiger partial charge in [-0.05, 0) is 18.2 Å². The van der Waals surface area contributed by atoms with E-state index in [2.05, 4.69) is 4.74 Å². The number of nitrogen functional groups attached to an aromatic ring is 1. The minimum Gasteiger partial charge on any atom is -0.487 e. The summed E-state index contributed by atoms with van der Waals surface area (Å²) in [5.74, 6) is -0.651. The summed E-state index contributed by atoms with van der Waals surface area (Å²) in [6.45, 7) is -1.09. The summed E-state index contributed by atoms with van der Waals surface area (Å²) in [6.07, 6.45) is -7.52. The molecule has 90 valence electrons. The molecule has 16 heavy (non-hydrogen) atoms. The summed E-state index contributed by atoms with van der Waals surface area (Å²) in [5.41, 5.74) is 3.90. The third-order valence-electron chi connectivity index (χ3n) is 1.67. The molecule has 7 heteroatoms.